The normalized spacial score (nSPS) is 10.9. The van der Waals surface area contributed by atoms with Gasteiger partial charge in [0.05, 0.1) is 10.2 Å². The van der Waals surface area contributed by atoms with Gasteiger partial charge >= 0.3 is 0 Å². The monoisotopic (exact) mass is 286 g/mol. The summed E-state index contributed by atoms with van der Waals surface area (Å²) in [7, 11) is 0. The number of thiazole rings is 1. The molecule has 102 valence electrons. The molecule has 3 rings (SSSR count). The number of aryl methyl sites for hydroxylation is 1. The van der Waals surface area contributed by atoms with E-state index in [1.807, 2.05) is 12.1 Å². The smallest absolute Gasteiger partial charge is 0.183 e. The molecule has 20 heavy (non-hydrogen) atoms. The van der Waals surface area contributed by atoms with E-state index in [4.69, 9.17) is 0 Å². The fraction of sp³-hybridized carbons (Fsp3) is 0.188. The van der Waals surface area contributed by atoms with Crippen molar-refractivity contribution in [1.29, 1.82) is 0 Å². The van der Waals surface area contributed by atoms with Crippen molar-refractivity contribution >= 4 is 26.7 Å². The summed E-state index contributed by atoms with van der Waals surface area (Å²) < 4.78 is 14.7. The topological polar surface area (TPSA) is 24.9 Å². The van der Waals surface area contributed by atoms with Crippen LogP contribution in [0.2, 0.25) is 0 Å². The van der Waals surface area contributed by atoms with Gasteiger partial charge in [-0.15, -0.1) is 0 Å². The number of hydrogen-bond acceptors (Lipinski definition) is 3. The van der Waals surface area contributed by atoms with Gasteiger partial charge in [-0.25, -0.2) is 9.37 Å². The number of anilines is 1. The second kappa shape index (κ2) is 5.59. The molecule has 2 nitrogen and oxygen atoms in total. The number of nitrogens with zero attached hydrogens (tertiary/aromatic N) is 1. The molecular formula is C16H15FN2S. The van der Waals surface area contributed by atoms with Gasteiger partial charge in [-0.05, 0) is 42.7 Å². The van der Waals surface area contributed by atoms with Crippen LogP contribution < -0.4 is 5.32 Å². The average molecular weight is 286 g/mol. The van der Waals surface area contributed by atoms with Crippen LogP contribution in [-0.2, 0) is 6.42 Å². The van der Waals surface area contributed by atoms with Crippen molar-refractivity contribution in [3.05, 3.63) is 59.4 Å². The minimum absolute atomic E-state index is 0.144. The Morgan fingerprint density at radius 1 is 1.20 bits per heavy atom. The van der Waals surface area contributed by atoms with Gasteiger partial charge in [0.15, 0.2) is 5.13 Å². The standard InChI is InChI=1S/C16H15FN2S/c1-11-6-7-15-14(10-11)19-16(20-15)18-9-8-12-4-2-3-5-13(12)17/h2-7,10H,8-9H2,1H3,(H,18,19). The van der Waals surface area contributed by atoms with E-state index in [1.54, 1.807) is 17.4 Å². The molecule has 0 bridgehead atoms. The zero-order valence-corrected chi connectivity index (χ0v) is 12.0. The van der Waals surface area contributed by atoms with E-state index in [2.05, 4.69) is 35.4 Å². The van der Waals surface area contributed by atoms with E-state index >= 15 is 0 Å². The summed E-state index contributed by atoms with van der Waals surface area (Å²) >= 11 is 1.63. The van der Waals surface area contributed by atoms with E-state index in [9.17, 15) is 4.39 Å². The van der Waals surface area contributed by atoms with Crippen molar-refractivity contribution in [3.63, 3.8) is 0 Å². The number of aromatic nitrogens is 1. The summed E-state index contributed by atoms with van der Waals surface area (Å²) in [4.78, 5) is 4.54. The predicted octanol–water partition coefficient (Wildman–Crippen LogP) is 4.40. The maximum absolute atomic E-state index is 13.5. The summed E-state index contributed by atoms with van der Waals surface area (Å²) in [6.07, 6.45) is 0.654. The molecule has 0 aliphatic carbocycles. The lowest BCUT2D eigenvalue weighted by molar-refractivity contribution is 0.610. The highest BCUT2D eigenvalue weighted by Gasteiger charge is 2.04. The van der Waals surface area contributed by atoms with Crippen LogP contribution in [0.25, 0.3) is 10.2 Å². The van der Waals surface area contributed by atoms with Crippen molar-refractivity contribution < 1.29 is 4.39 Å². The summed E-state index contributed by atoms with van der Waals surface area (Å²) in [5.74, 6) is -0.144. The third-order valence-electron chi connectivity index (χ3n) is 3.17. The molecule has 1 aromatic heterocycles. The lowest BCUT2D eigenvalue weighted by Gasteiger charge is -2.03. The summed E-state index contributed by atoms with van der Waals surface area (Å²) in [6, 6.07) is 13.1. The minimum atomic E-state index is -0.144. The Balaban J connectivity index is 1.67. The third kappa shape index (κ3) is 2.80. The number of rotatable bonds is 4. The van der Waals surface area contributed by atoms with Gasteiger partial charge in [-0.3, -0.25) is 0 Å². The fourth-order valence-corrected chi connectivity index (χ4v) is 2.99. The van der Waals surface area contributed by atoms with Crippen LogP contribution in [0.1, 0.15) is 11.1 Å². The second-order valence-electron chi connectivity index (χ2n) is 4.76. The highest BCUT2D eigenvalue weighted by molar-refractivity contribution is 7.22. The van der Waals surface area contributed by atoms with Crippen LogP contribution in [-0.4, -0.2) is 11.5 Å². The van der Waals surface area contributed by atoms with Crippen LogP contribution in [0, 0.1) is 12.7 Å². The molecule has 0 amide bonds. The van der Waals surface area contributed by atoms with E-state index in [-0.39, 0.29) is 5.82 Å². The molecule has 0 saturated heterocycles. The van der Waals surface area contributed by atoms with Gasteiger partial charge < -0.3 is 5.32 Å². The quantitative estimate of drug-likeness (QED) is 0.769. The second-order valence-corrected chi connectivity index (χ2v) is 5.79. The van der Waals surface area contributed by atoms with E-state index in [0.717, 1.165) is 16.2 Å². The molecule has 0 saturated carbocycles. The molecule has 0 spiro atoms. The fourth-order valence-electron chi connectivity index (χ4n) is 2.12. The maximum atomic E-state index is 13.5. The molecule has 0 unspecified atom stereocenters. The largest absolute Gasteiger partial charge is 0.361 e. The molecule has 0 atom stereocenters. The van der Waals surface area contributed by atoms with Gasteiger partial charge in [0, 0.05) is 6.54 Å². The lowest BCUT2D eigenvalue weighted by atomic mass is 10.1. The van der Waals surface area contributed by atoms with E-state index in [0.29, 0.717) is 13.0 Å². The van der Waals surface area contributed by atoms with Crippen molar-refractivity contribution in [2.75, 3.05) is 11.9 Å². The molecule has 4 heteroatoms. The Labute approximate surface area is 121 Å². The van der Waals surface area contributed by atoms with Gasteiger partial charge in [0.1, 0.15) is 5.82 Å². The molecule has 0 aliphatic rings. The van der Waals surface area contributed by atoms with E-state index in [1.165, 1.54) is 16.3 Å². The van der Waals surface area contributed by atoms with E-state index < -0.39 is 0 Å². The first-order valence-electron chi connectivity index (χ1n) is 6.57. The number of fused-ring (bicyclic) bond motifs is 1. The number of benzene rings is 2. The Kier molecular flexibility index (Phi) is 3.65. The van der Waals surface area contributed by atoms with Gasteiger partial charge in [-0.1, -0.05) is 35.6 Å². The van der Waals surface area contributed by atoms with Crippen LogP contribution in [0.5, 0.6) is 0 Å². The predicted molar refractivity (Wildman–Crippen MR) is 83.0 cm³/mol. The van der Waals surface area contributed by atoms with Crippen LogP contribution in [0.15, 0.2) is 42.5 Å². The number of hydrogen-bond donors (Lipinski definition) is 1. The summed E-state index contributed by atoms with van der Waals surface area (Å²) in [5.41, 5.74) is 2.96. The summed E-state index contributed by atoms with van der Waals surface area (Å²) in [5, 5.41) is 4.16. The zero-order chi connectivity index (χ0) is 13.9. The van der Waals surface area contributed by atoms with Crippen LogP contribution in [0.4, 0.5) is 9.52 Å². The van der Waals surface area contributed by atoms with Crippen molar-refractivity contribution in [1.82, 2.24) is 4.98 Å². The minimum Gasteiger partial charge on any atom is -0.361 e. The van der Waals surface area contributed by atoms with Crippen LogP contribution in [0.3, 0.4) is 0 Å². The first-order chi connectivity index (χ1) is 9.72. The number of nitrogens with one attached hydrogen (secondary N) is 1. The molecule has 2 aromatic carbocycles. The molecule has 1 heterocycles. The Bertz CT molecular complexity index is 736. The molecule has 3 aromatic rings. The third-order valence-corrected chi connectivity index (χ3v) is 4.17. The highest BCUT2D eigenvalue weighted by Crippen LogP contribution is 2.26. The van der Waals surface area contributed by atoms with Gasteiger partial charge in [0.25, 0.3) is 0 Å². The highest BCUT2D eigenvalue weighted by atomic mass is 32.1. The SMILES string of the molecule is Cc1ccc2sc(NCCc3ccccc3F)nc2c1. The molecule has 0 radical (unpaired) electrons. The molecular weight excluding hydrogens is 271 g/mol. The first-order valence-corrected chi connectivity index (χ1v) is 7.38. The summed E-state index contributed by atoms with van der Waals surface area (Å²) in [6.45, 7) is 2.74. The van der Waals surface area contributed by atoms with Gasteiger partial charge in [0.2, 0.25) is 0 Å². The Morgan fingerprint density at radius 2 is 2.05 bits per heavy atom. The maximum Gasteiger partial charge on any atom is 0.183 e. The molecule has 0 aliphatic heterocycles. The molecule has 1 N–H and O–H groups in total. The van der Waals surface area contributed by atoms with Crippen molar-refractivity contribution in [3.8, 4) is 0 Å². The Morgan fingerprint density at radius 3 is 2.90 bits per heavy atom. The molecule has 0 fully saturated rings. The zero-order valence-electron chi connectivity index (χ0n) is 11.2. The lowest BCUT2D eigenvalue weighted by Crippen LogP contribution is -2.05. The first kappa shape index (κ1) is 13.1. The van der Waals surface area contributed by atoms with Crippen molar-refractivity contribution in [2.24, 2.45) is 0 Å². The Hall–Kier alpha value is -1.94. The number of halogens is 1. The average Bonchev–Trinajstić information content (AvgIpc) is 2.83. The van der Waals surface area contributed by atoms with Crippen LogP contribution >= 0.6 is 11.3 Å². The van der Waals surface area contributed by atoms with Gasteiger partial charge in [-0.2, -0.15) is 0 Å². The van der Waals surface area contributed by atoms with Crippen molar-refractivity contribution in [2.45, 2.75) is 13.3 Å².